The molecule has 0 aliphatic rings. The Balaban J connectivity index is 2.13. The molecule has 0 unspecified atom stereocenters. The van der Waals surface area contributed by atoms with Gasteiger partial charge in [-0.05, 0) is 24.6 Å². The Morgan fingerprint density at radius 3 is 2.78 bits per heavy atom. The minimum absolute atomic E-state index is 0.0535. The number of aromatic amines is 1. The summed E-state index contributed by atoms with van der Waals surface area (Å²) >= 11 is 5.92. The van der Waals surface area contributed by atoms with Gasteiger partial charge >= 0.3 is 5.97 Å². The van der Waals surface area contributed by atoms with E-state index in [1.165, 1.54) is 42.3 Å². The van der Waals surface area contributed by atoms with Crippen LogP contribution in [-0.2, 0) is 22.5 Å². The molecule has 32 heavy (non-hydrogen) atoms. The topological polar surface area (TPSA) is 140 Å². The summed E-state index contributed by atoms with van der Waals surface area (Å²) in [6.07, 6.45) is 3.36. The number of aromatic hydroxyl groups is 1. The predicted molar refractivity (Wildman–Crippen MR) is 116 cm³/mol. The summed E-state index contributed by atoms with van der Waals surface area (Å²) in [7, 11) is 1.20. The molecule has 0 aliphatic carbocycles. The lowest BCUT2D eigenvalue weighted by Gasteiger charge is -2.20. The molecule has 0 fully saturated rings. The lowest BCUT2D eigenvalue weighted by atomic mass is 9.88. The second kappa shape index (κ2) is 9.65. The third kappa shape index (κ3) is 4.80. The monoisotopic (exact) mass is 460 g/mol. The number of methoxy groups -OCH3 is 1. The maximum atomic E-state index is 13.4. The average molecular weight is 461 g/mol. The Kier molecular flexibility index (Phi) is 6.94. The number of benzene rings is 1. The van der Waals surface area contributed by atoms with Crippen molar-refractivity contribution in [3.05, 3.63) is 84.8 Å². The minimum Gasteiger partial charge on any atom is -0.507 e. The zero-order chi connectivity index (χ0) is 23.4. The van der Waals surface area contributed by atoms with Gasteiger partial charge < -0.3 is 19.4 Å². The lowest BCUT2D eigenvalue weighted by Crippen LogP contribution is -2.29. The van der Waals surface area contributed by atoms with Gasteiger partial charge in [0.25, 0.3) is 11.2 Å². The van der Waals surface area contributed by atoms with Gasteiger partial charge in [0, 0.05) is 42.5 Å². The average Bonchev–Trinajstić information content (AvgIpc) is 3.26. The fourth-order valence-electron chi connectivity index (χ4n) is 3.55. The molecular weight excluding hydrogens is 440 g/mol. The number of aryl methyl sites for hydroxylation is 2. The Bertz CT molecular complexity index is 1210. The summed E-state index contributed by atoms with van der Waals surface area (Å²) in [5, 5.41) is 21.9. The molecule has 168 valence electrons. The molecule has 0 aliphatic heterocycles. The fourth-order valence-corrected chi connectivity index (χ4v) is 3.74. The summed E-state index contributed by atoms with van der Waals surface area (Å²) < 4.78 is 6.23. The molecule has 0 saturated carbocycles. The number of nitrogens with zero attached hydrogens (tertiary/aromatic N) is 3. The van der Waals surface area contributed by atoms with Gasteiger partial charge in [0.15, 0.2) is 0 Å². The van der Waals surface area contributed by atoms with Gasteiger partial charge in [-0.1, -0.05) is 17.7 Å². The third-order valence-corrected chi connectivity index (χ3v) is 5.52. The van der Waals surface area contributed by atoms with Crippen LogP contribution in [0.25, 0.3) is 0 Å². The predicted octanol–water partition coefficient (Wildman–Crippen LogP) is 3.08. The van der Waals surface area contributed by atoms with Crippen LogP contribution in [0.4, 0.5) is 5.69 Å². The smallest absolute Gasteiger partial charge is 0.306 e. The normalized spacial score (nSPS) is 11.8. The minimum atomic E-state index is -0.982. The van der Waals surface area contributed by atoms with E-state index in [0.717, 1.165) is 5.69 Å². The summed E-state index contributed by atoms with van der Waals surface area (Å²) in [5.74, 6) is -1.93. The molecule has 3 rings (SSSR count). The fraction of sp³-hybridized carbons (Fsp3) is 0.286. The van der Waals surface area contributed by atoms with E-state index in [1.54, 1.807) is 13.1 Å². The Labute approximate surface area is 187 Å². The molecule has 0 radical (unpaired) electrons. The number of H-pyrrole nitrogens is 1. The zero-order valence-corrected chi connectivity index (χ0v) is 18.1. The second-order valence-electron chi connectivity index (χ2n) is 7.17. The molecule has 11 heteroatoms. The number of aromatic nitrogens is 3. The van der Waals surface area contributed by atoms with Crippen LogP contribution >= 0.6 is 11.6 Å². The number of ether oxygens (including phenoxy) is 1. The number of nitro groups is 1. The summed E-state index contributed by atoms with van der Waals surface area (Å²) in [5.41, 5.74) is 0.698. The van der Waals surface area contributed by atoms with Crippen molar-refractivity contribution in [2.45, 2.75) is 32.2 Å². The first-order valence-corrected chi connectivity index (χ1v) is 10.0. The summed E-state index contributed by atoms with van der Waals surface area (Å²) in [6, 6.07) is 5.43. The van der Waals surface area contributed by atoms with Crippen molar-refractivity contribution in [1.29, 1.82) is 0 Å². The Morgan fingerprint density at radius 2 is 2.16 bits per heavy atom. The van der Waals surface area contributed by atoms with Crippen LogP contribution in [0.15, 0.2) is 41.6 Å². The van der Waals surface area contributed by atoms with E-state index in [4.69, 9.17) is 16.3 Å². The van der Waals surface area contributed by atoms with Gasteiger partial charge in [-0.25, -0.2) is 4.98 Å². The number of pyridine rings is 1. The van der Waals surface area contributed by atoms with Gasteiger partial charge in [-0.3, -0.25) is 19.7 Å². The second-order valence-corrected chi connectivity index (χ2v) is 7.58. The van der Waals surface area contributed by atoms with Gasteiger partial charge in [-0.15, -0.1) is 0 Å². The number of esters is 1. The standard InChI is InChI=1S/C21H21ClN4O6/c1-12-7-18(27)20(21(29)25(12)6-5-14-10-23-11-24-14)15(9-19(28)32-2)13-3-4-16(22)17(8-13)26(30)31/h3-4,7-8,10-11,15,27H,5-6,9H2,1-2H3,(H,23,24)/t15-/m0/s1. The molecule has 0 saturated heterocycles. The largest absolute Gasteiger partial charge is 0.507 e. The van der Waals surface area contributed by atoms with Crippen molar-refractivity contribution < 1.29 is 19.6 Å². The number of carbonyl (C=O) groups is 1. The van der Waals surface area contributed by atoms with Crippen molar-refractivity contribution in [2.75, 3.05) is 7.11 Å². The van der Waals surface area contributed by atoms with Crippen molar-refractivity contribution in [3.8, 4) is 5.75 Å². The van der Waals surface area contributed by atoms with Gasteiger partial charge in [0.2, 0.25) is 0 Å². The number of hydrogen-bond donors (Lipinski definition) is 2. The van der Waals surface area contributed by atoms with Crippen LogP contribution in [0.1, 0.15) is 34.9 Å². The highest BCUT2D eigenvalue weighted by atomic mass is 35.5. The molecule has 3 aromatic rings. The van der Waals surface area contributed by atoms with Crippen LogP contribution in [0.5, 0.6) is 5.75 Å². The summed E-state index contributed by atoms with van der Waals surface area (Å²) in [4.78, 5) is 43.1. The highest BCUT2D eigenvalue weighted by molar-refractivity contribution is 6.32. The maximum absolute atomic E-state index is 13.4. The van der Waals surface area contributed by atoms with E-state index in [9.17, 15) is 24.8 Å². The highest BCUT2D eigenvalue weighted by Gasteiger charge is 2.28. The molecule has 1 atom stereocenters. The molecule has 0 amide bonds. The van der Waals surface area contributed by atoms with Crippen molar-refractivity contribution in [2.24, 2.45) is 0 Å². The summed E-state index contributed by atoms with van der Waals surface area (Å²) in [6.45, 7) is 1.98. The first kappa shape index (κ1) is 23.0. The molecule has 2 aromatic heterocycles. The van der Waals surface area contributed by atoms with E-state index >= 15 is 0 Å². The van der Waals surface area contributed by atoms with E-state index < -0.39 is 22.4 Å². The van der Waals surface area contributed by atoms with Crippen molar-refractivity contribution in [3.63, 3.8) is 0 Å². The zero-order valence-electron chi connectivity index (χ0n) is 17.4. The highest BCUT2D eigenvalue weighted by Crippen LogP contribution is 2.36. The lowest BCUT2D eigenvalue weighted by molar-refractivity contribution is -0.384. The van der Waals surface area contributed by atoms with E-state index in [1.807, 2.05) is 0 Å². The van der Waals surface area contributed by atoms with Crippen LogP contribution < -0.4 is 5.56 Å². The molecular formula is C21H21ClN4O6. The number of imidazole rings is 1. The number of nitrogens with one attached hydrogen (secondary N) is 1. The van der Waals surface area contributed by atoms with E-state index in [-0.39, 0.29) is 34.0 Å². The van der Waals surface area contributed by atoms with Gasteiger partial charge in [0.05, 0.1) is 30.3 Å². The number of hydrogen-bond acceptors (Lipinski definition) is 7. The molecule has 2 heterocycles. The molecule has 10 nitrogen and oxygen atoms in total. The Morgan fingerprint density at radius 1 is 1.41 bits per heavy atom. The number of rotatable bonds is 8. The Hall–Kier alpha value is -3.66. The van der Waals surface area contributed by atoms with Crippen LogP contribution in [-0.4, -0.2) is 37.6 Å². The van der Waals surface area contributed by atoms with Gasteiger partial charge in [-0.2, -0.15) is 0 Å². The number of nitro benzene ring substituents is 1. The van der Waals surface area contributed by atoms with Crippen molar-refractivity contribution >= 4 is 23.3 Å². The maximum Gasteiger partial charge on any atom is 0.306 e. The molecule has 1 aromatic carbocycles. The first-order chi connectivity index (χ1) is 15.2. The number of carbonyl (C=O) groups excluding carboxylic acids is 1. The number of halogens is 1. The van der Waals surface area contributed by atoms with E-state index in [0.29, 0.717) is 18.7 Å². The van der Waals surface area contributed by atoms with Gasteiger partial charge in [0.1, 0.15) is 10.8 Å². The first-order valence-electron chi connectivity index (χ1n) is 9.64. The van der Waals surface area contributed by atoms with E-state index in [2.05, 4.69) is 9.97 Å². The molecule has 0 spiro atoms. The SMILES string of the molecule is COC(=O)C[C@@H](c1ccc(Cl)c([N+](=O)[O-])c1)c1c(O)cc(C)n(CCc2cnc[nH]2)c1=O. The van der Waals surface area contributed by atoms with Crippen molar-refractivity contribution in [1.82, 2.24) is 14.5 Å². The molecule has 0 bridgehead atoms. The quantitative estimate of drug-likeness (QED) is 0.299. The van der Waals surface area contributed by atoms with Crippen LogP contribution in [0.2, 0.25) is 5.02 Å². The third-order valence-electron chi connectivity index (χ3n) is 5.20. The molecule has 2 N–H and O–H groups in total. The van der Waals surface area contributed by atoms with Crippen LogP contribution in [0.3, 0.4) is 0 Å². The van der Waals surface area contributed by atoms with Crippen LogP contribution in [0, 0.1) is 17.0 Å².